The van der Waals surface area contributed by atoms with Crippen LogP contribution < -0.4 is 14.4 Å². The number of nitriles is 1. The maximum atomic E-state index is 14.0. The molecule has 4 atom stereocenters. The van der Waals surface area contributed by atoms with Crippen LogP contribution in [0.2, 0.25) is 0 Å². The minimum Gasteiger partial charge on any atom is -0.497 e. The van der Waals surface area contributed by atoms with E-state index < -0.39 is 23.0 Å². The SMILES string of the molecule is COc1cccc(OCCC23CCC(C)(O2)C2C(=O)N(c4ccc(C#N)c5ccccc45)C(=O)C23)c1. The van der Waals surface area contributed by atoms with Gasteiger partial charge in [-0.3, -0.25) is 9.59 Å². The maximum absolute atomic E-state index is 14.0. The molecular formula is C29H26N2O5. The number of methoxy groups -OCH3 is 1. The number of hydrogen-bond acceptors (Lipinski definition) is 6. The summed E-state index contributed by atoms with van der Waals surface area (Å²) < 4.78 is 17.8. The first-order valence-corrected chi connectivity index (χ1v) is 12.2. The highest BCUT2D eigenvalue weighted by Gasteiger charge is 2.73. The molecule has 0 aromatic heterocycles. The molecule has 0 aliphatic carbocycles. The van der Waals surface area contributed by atoms with Crippen molar-refractivity contribution in [2.45, 2.75) is 37.4 Å². The van der Waals surface area contributed by atoms with Crippen molar-refractivity contribution in [1.29, 1.82) is 5.26 Å². The lowest BCUT2D eigenvalue weighted by Gasteiger charge is -2.31. The summed E-state index contributed by atoms with van der Waals surface area (Å²) in [5, 5.41) is 11.0. The molecule has 3 aromatic rings. The van der Waals surface area contributed by atoms with Gasteiger partial charge in [-0.2, -0.15) is 5.26 Å². The molecule has 0 N–H and O–H groups in total. The Kier molecular flexibility index (Phi) is 5.06. The van der Waals surface area contributed by atoms with Crippen LogP contribution in [-0.4, -0.2) is 36.7 Å². The van der Waals surface area contributed by atoms with Gasteiger partial charge in [0, 0.05) is 23.3 Å². The molecule has 7 nitrogen and oxygen atoms in total. The second-order valence-electron chi connectivity index (χ2n) is 10.0. The van der Waals surface area contributed by atoms with Crippen molar-refractivity contribution in [2.75, 3.05) is 18.6 Å². The minimum absolute atomic E-state index is 0.224. The van der Waals surface area contributed by atoms with E-state index in [9.17, 15) is 14.9 Å². The van der Waals surface area contributed by atoms with Crippen molar-refractivity contribution in [1.82, 2.24) is 0 Å². The number of ether oxygens (including phenoxy) is 3. The normalized spacial score (nSPS) is 28.4. The minimum atomic E-state index is -0.748. The Balaban J connectivity index is 1.32. The number of hydrogen-bond donors (Lipinski definition) is 0. The molecule has 2 amide bonds. The van der Waals surface area contributed by atoms with Crippen LogP contribution in [0.3, 0.4) is 0 Å². The molecule has 3 saturated heterocycles. The molecule has 2 bridgehead atoms. The Hall–Kier alpha value is -3.89. The molecule has 3 fully saturated rings. The lowest BCUT2D eigenvalue weighted by molar-refractivity contribution is -0.131. The van der Waals surface area contributed by atoms with Crippen molar-refractivity contribution in [2.24, 2.45) is 11.8 Å². The highest BCUT2D eigenvalue weighted by Crippen LogP contribution is 2.62. The van der Waals surface area contributed by atoms with Crippen molar-refractivity contribution in [3.63, 3.8) is 0 Å². The highest BCUT2D eigenvalue weighted by molar-refractivity contribution is 6.26. The van der Waals surface area contributed by atoms with Gasteiger partial charge in [-0.25, -0.2) is 4.90 Å². The Bertz CT molecular complexity index is 1450. The average molecular weight is 483 g/mol. The highest BCUT2D eigenvalue weighted by atomic mass is 16.5. The number of amides is 2. The van der Waals surface area contributed by atoms with Crippen molar-refractivity contribution in [3.05, 3.63) is 66.2 Å². The molecule has 6 rings (SSSR count). The van der Waals surface area contributed by atoms with Gasteiger partial charge in [0.15, 0.2) is 0 Å². The zero-order valence-electron chi connectivity index (χ0n) is 20.2. The Morgan fingerprint density at radius 3 is 2.53 bits per heavy atom. The van der Waals surface area contributed by atoms with Crippen molar-refractivity contribution in [3.8, 4) is 17.6 Å². The van der Waals surface area contributed by atoms with Gasteiger partial charge >= 0.3 is 0 Å². The Labute approximate surface area is 209 Å². The van der Waals surface area contributed by atoms with E-state index in [1.54, 1.807) is 19.2 Å². The molecule has 3 heterocycles. The van der Waals surface area contributed by atoms with Crippen molar-refractivity contribution < 1.29 is 23.8 Å². The summed E-state index contributed by atoms with van der Waals surface area (Å²) in [5.41, 5.74) is -0.401. The number of rotatable bonds is 6. The largest absolute Gasteiger partial charge is 0.497 e. The molecule has 3 aliphatic rings. The number of benzene rings is 3. The average Bonchev–Trinajstić information content (AvgIpc) is 3.48. The first-order valence-electron chi connectivity index (χ1n) is 12.2. The van der Waals surface area contributed by atoms with E-state index in [4.69, 9.17) is 14.2 Å². The van der Waals surface area contributed by atoms with E-state index in [1.807, 2.05) is 55.5 Å². The molecule has 4 unspecified atom stereocenters. The summed E-state index contributed by atoms with van der Waals surface area (Å²) in [4.78, 5) is 29.1. The smallest absolute Gasteiger partial charge is 0.240 e. The van der Waals surface area contributed by atoms with Gasteiger partial charge in [-0.05, 0) is 44.0 Å². The lowest BCUT2D eigenvalue weighted by Crippen LogP contribution is -2.43. The molecule has 7 heteroatoms. The topological polar surface area (TPSA) is 88.9 Å². The summed E-state index contributed by atoms with van der Waals surface area (Å²) in [6.45, 7) is 2.31. The van der Waals surface area contributed by atoms with E-state index in [0.29, 0.717) is 54.0 Å². The Morgan fingerprint density at radius 2 is 1.75 bits per heavy atom. The number of anilines is 1. The first kappa shape index (κ1) is 22.6. The molecule has 0 spiro atoms. The predicted octanol–water partition coefficient (Wildman–Crippen LogP) is 4.62. The molecule has 36 heavy (non-hydrogen) atoms. The van der Waals surface area contributed by atoms with Gasteiger partial charge in [-0.15, -0.1) is 0 Å². The van der Waals surface area contributed by atoms with E-state index in [2.05, 4.69) is 6.07 Å². The van der Waals surface area contributed by atoms with Gasteiger partial charge in [0.05, 0.1) is 54.1 Å². The number of nitrogens with zero attached hydrogens (tertiary/aromatic N) is 2. The van der Waals surface area contributed by atoms with Crippen LogP contribution in [-0.2, 0) is 14.3 Å². The summed E-state index contributed by atoms with van der Waals surface area (Å²) in [6.07, 6.45) is 1.92. The number of carbonyl (C=O) groups excluding carboxylic acids is 2. The third-order valence-electron chi connectivity index (χ3n) is 8.11. The molecule has 3 aromatic carbocycles. The van der Waals surface area contributed by atoms with Crippen LogP contribution in [0.1, 0.15) is 31.7 Å². The van der Waals surface area contributed by atoms with E-state index in [0.717, 1.165) is 5.39 Å². The quantitative estimate of drug-likeness (QED) is 0.477. The second kappa shape index (κ2) is 8.07. The van der Waals surface area contributed by atoms with Gasteiger partial charge in [0.2, 0.25) is 11.8 Å². The molecule has 182 valence electrons. The lowest BCUT2D eigenvalue weighted by atomic mass is 9.67. The van der Waals surface area contributed by atoms with Crippen LogP contribution in [0.25, 0.3) is 10.8 Å². The summed E-state index contributed by atoms with van der Waals surface area (Å²) in [7, 11) is 1.61. The van der Waals surface area contributed by atoms with Gasteiger partial charge in [0.1, 0.15) is 11.5 Å². The van der Waals surface area contributed by atoms with Crippen LogP contribution in [0.5, 0.6) is 11.5 Å². The summed E-state index contributed by atoms with van der Waals surface area (Å²) in [6, 6.07) is 20.4. The third-order valence-corrected chi connectivity index (χ3v) is 8.11. The molecule has 0 saturated carbocycles. The van der Waals surface area contributed by atoms with E-state index in [-0.39, 0.29) is 11.8 Å². The maximum Gasteiger partial charge on any atom is 0.240 e. The fourth-order valence-corrected chi connectivity index (χ4v) is 6.46. The zero-order valence-corrected chi connectivity index (χ0v) is 20.2. The van der Waals surface area contributed by atoms with E-state index in [1.165, 1.54) is 4.90 Å². The van der Waals surface area contributed by atoms with Gasteiger partial charge in [0.25, 0.3) is 0 Å². The fraction of sp³-hybridized carbons (Fsp3) is 0.345. The molecular weight excluding hydrogens is 456 g/mol. The standard InChI is InChI=1S/C29H26N2O5/c1-28-12-13-29(36-28,14-15-35-20-7-5-6-19(16-20)34-2)25-24(28)26(32)31(27(25)33)23-11-10-18(17-30)21-8-3-4-9-22(21)23/h3-11,16,24-25H,12-15H2,1-2H3. The zero-order chi connectivity index (χ0) is 25.1. The number of fused-ring (bicyclic) bond motifs is 6. The van der Waals surface area contributed by atoms with Gasteiger partial charge < -0.3 is 14.2 Å². The van der Waals surface area contributed by atoms with Gasteiger partial charge in [-0.1, -0.05) is 30.3 Å². The van der Waals surface area contributed by atoms with Crippen LogP contribution in [0.4, 0.5) is 5.69 Å². The van der Waals surface area contributed by atoms with E-state index >= 15 is 0 Å². The predicted molar refractivity (Wildman–Crippen MR) is 133 cm³/mol. The Morgan fingerprint density at radius 1 is 1.00 bits per heavy atom. The molecule has 0 radical (unpaired) electrons. The van der Waals surface area contributed by atoms with Crippen molar-refractivity contribution >= 4 is 28.3 Å². The number of carbonyl (C=O) groups is 2. The number of imide groups is 1. The fourth-order valence-electron chi connectivity index (χ4n) is 6.46. The van der Waals surface area contributed by atoms with Crippen LogP contribution in [0, 0.1) is 23.2 Å². The summed E-state index contributed by atoms with van der Waals surface area (Å²) in [5.74, 6) is -0.168. The second-order valence-corrected chi connectivity index (χ2v) is 10.0. The van der Waals surface area contributed by atoms with Crippen LogP contribution >= 0.6 is 0 Å². The summed E-state index contributed by atoms with van der Waals surface area (Å²) >= 11 is 0. The van der Waals surface area contributed by atoms with Crippen LogP contribution in [0.15, 0.2) is 60.7 Å². The molecule has 3 aliphatic heterocycles. The first-order chi connectivity index (χ1) is 17.4. The monoisotopic (exact) mass is 482 g/mol. The third kappa shape index (κ3) is 3.14.